The van der Waals surface area contributed by atoms with Crippen LogP contribution in [0.1, 0.15) is 5.69 Å². The van der Waals surface area contributed by atoms with Gasteiger partial charge < -0.3 is 14.7 Å². The molecule has 0 aliphatic carbocycles. The molecular formula is C9H10ClN3O. The topological polar surface area (TPSA) is 57.0 Å². The SMILES string of the molecule is Cn1c(-c2ccco2)nc(Cl)c1CN. The van der Waals surface area contributed by atoms with Crippen molar-refractivity contribution in [2.24, 2.45) is 12.8 Å². The van der Waals surface area contributed by atoms with Crippen LogP contribution >= 0.6 is 11.6 Å². The van der Waals surface area contributed by atoms with E-state index in [-0.39, 0.29) is 0 Å². The number of hydrogen-bond acceptors (Lipinski definition) is 3. The van der Waals surface area contributed by atoms with Crippen LogP contribution in [-0.2, 0) is 13.6 Å². The van der Waals surface area contributed by atoms with Crippen molar-refractivity contribution in [2.75, 3.05) is 0 Å². The Balaban J connectivity index is 2.55. The number of nitrogens with two attached hydrogens (primary N) is 1. The van der Waals surface area contributed by atoms with Crippen LogP contribution in [0.4, 0.5) is 0 Å². The number of aromatic nitrogens is 2. The standard InChI is InChI=1S/C9H10ClN3O/c1-13-6(5-11)8(10)12-9(13)7-3-2-4-14-7/h2-4H,5,11H2,1H3. The molecule has 0 spiro atoms. The smallest absolute Gasteiger partial charge is 0.177 e. The predicted octanol–water partition coefficient (Wildman–Crippen LogP) is 1.79. The maximum Gasteiger partial charge on any atom is 0.177 e. The summed E-state index contributed by atoms with van der Waals surface area (Å²) in [6.45, 7) is 0.364. The fraction of sp³-hybridized carbons (Fsp3) is 0.222. The first-order valence-corrected chi connectivity index (χ1v) is 4.57. The van der Waals surface area contributed by atoms with Gasteiger partial charge in [-0.1, -0.05) is 11.6 Å². The van der Waals surface area contributed by atoms with E-state index in [0.717, 1.165) is 5.69 Å². The van der Waals surface area contributed by atoms with Crippen LogP contribution in [-0.4, -0.2) is 9.55 Å². The zero-order valence-corrected chi connectivity index (χ0v) is 8.45. The van der Waals surface area contributed by atoms with Gasteiger partial charge in [-0.3, -0.25) is 0 Å². The maximum atomic E-state index is 5.91. The van der Waals surface area contributed by atoms with E-state index in [1.165, 1.54) is 0 Å². The van der Waals surface area contributed by atoms with E-state index in [0.29, 0.717) is 23.3 Å². The van der Waals surface area contributed by atoms with Crippen molar-refractivity contribution in [3.05, 3.63) is 29.2 Å². The average molecular weight is 212 g/mol. The Hall–Kier alpha value is -1.26. The quantitative estimate of drug-likeness (QED) is 0.824. The molecule has 14 heavy (non-hydrogen) atoms. The number of hydrogen-bond donors (Lipinski definition) is 1. The summed E-state index contributed by atoms with van der Waals surface area (Å²) in [4.78, 5) is 4.18. The van der Waals surface area contributed by atoms with Crippen molar-refractivity contribution in [2.45, 2.75) is 6.54 Å². The van der Waals surface area contributed by atoms with Gasteiger partial charge in [-0.2, -0.15) is 0 Å². The fourth-order valence-corrected chi connectivity index (χ4v) is 1.63. The van der Waals surface area contributed by atoms with Crippen molar-refractivity contribution in [3.63, 3.8) is 0 Å². The first-order valence-electron chi connectivity index (χ1n) is 4.19. The molecular weight excluding hydrogens is 202 g/mol. The minimum atomic E-state index is 0.364. The monoisotopic (exact) mass is 211 g/mol. The summed E-state index contributed by atoms with van der Waals surface area (Å²) in [7, 11) is 1.86. The molecule has 2 aromatic rings. The van der Waals surface area contributed by atoms with Gasteiger partial charge in [0, 0.05) is 13.6 Å². The average Bonchev–Trinajstić information content (AvgIpc) is 2.74. The van der Waals surface area contributed by atoms with Gasteiger partial charge in [0.1, 0.15) is 0 Å². The Kier molecular flexibility index (Phi) is 2.31. The second kappa shape index (κ2) is 3.48. The van der Waals surface area contributed by atoms with Gasteiger partial charge in [0.2, 0.25) is 0 Å². The lowest BCUT2D eigenvalue weighted by molar-refractivity contribution is 0.573. The Bertz CT molecular complexity index is 433. The molecule has 0 atom stereocenters. The lowest BCUT2D eigenvalue weighted by atomic mass is 10.4. The first kappa shape index (κ1) is 9.30. The number of furan rings is 1. The molecule has 2 N–H and O–H groups in total. The summed E-state index contributed by atoms with van der Waals surface area (Å²) in [6, 6.07) is 3.64. The second-order valence-corrected chi connectivity index (χ2v) is 3.27. The molecule has 0 radical (unpaired) electrons. The molecule has 0 saturated carbocycles. The summed E-state index contributed by atoms with van der Waals surface area (Å²) >= 11 is 5.91. The van der Waals surface area contributed by atoms with Crippen molar-refractivity contribution in [1.29, 1.82) is 0 Å². The predicted molar refractivity (Wildman–Crippen MR) is 53.8 cm³/mol. The van der Waals surface area contributed by atoms with E-state index < -0.39 is 0 Å². The highest BCUT2D eigenvalue weighted by Gasteiger charge is 2.14. The molecule has 0 aliphatic heterocycles. The van der Waals surface area contributed by atoms with Crippen LogP contribution in [0.15, 0.2) is 22.8 Å². The molecule has 0 fully saturated rings. The number of halogens is 1. The van der Waals surface area contributed by atoms with E-state index in [9.17, 15) is 0 Å². The maximum absolute atomic E-state index is 5.91. The van der Waals surface area contributed by atoms with Gasteiger partial charge in [0.25, 0.3) is 0 Å². The molecule has 5 heteroatoms. The van der Waals surface area contributed by atoms with E-state index >= 15 is 0 Å². The van der Waals surface area contributed by atoms with E-state index in [2.05, 4.69) is 4.98 Å². The first-order chi connectivity index (χ1) is 6.74. The van der Waals surface area contributed by atoms with Crippen LogP contribution in [0.3, 0.4) is 0 Å². The third kappa shape index (κ3) is 1.32. The zero-order valence-electron chi connectivity index (χ0n) is 7.70. The van der Waals surface area contributed by atoms with Gasteiger partial charge >= 0.3 is 0 Å². The third-order valence-corrected chi connectivity index (χ3v) is 2.40. The molecule has 2 aromatic heterocycles. The number of rotatable bonds is 2. The molecule has 0 unspecified atom stereocenters. The lowest BCUT2D eigenvalue weighted by Gasteiger charge is -2.00. The third-order valence-electron chi connectivity index (χ3n) is 2.10. The van der Waals surface area contributed by atoms with Gasteiger partial charge in [0.05, 0.1) is 12.0 Å². The molecule has 2 rings (SSSR count). The van der Waals surface area contributed by atoms with Crippen LogP contribution in [0.5, 0.6) is 0 Å². The Morgan fingerprint density at radius 3 is 2.93 bits per heavy atom. The molecule has 2 heterocycles. The summed E-state index contributed by atoms with van der Waals surface area (Å²) in [5, 5.41) is 0.432. The normalized spacial score (nSPS) is 10.8. The zero-order chi connectivity index (χ0) is 10.1. The van der Waals surface area contributed by atoms with E-state index in [4.69, 9.17) is 21.8 Å². The van der Waals surface area contributed by atoms with Crippen LogP contribution in [0, 0.1) is 0 Å². The molecule has 4 nitrogen and oxygen atoms in total. The van der Waals surface area contributed by atoms with Crippen molar-refractivity contribution < 1.29 is 4.42 Å². The molecule has 0 amide bonds. The van der Waals surface area contributed by atoms with Gasteiger partial charge in [-0.15, -0.1) is 0 Å². The largest absolute Gasteiger partial charge is 0.461 e. The highest BCUT2D eigenvalue weighted by Crippen LogP contribution is 2.24. The number of imidazole rings is 1. The summed E-state index contributed by atoms with van der Waals surface area (Å²) in [5.41, 5.74) is 6.35. The van der Waals surface area contributed by atoms with Crippen LogP contribution < -0.4 is 5.73 Å². The summed E-state index contributed by atoms with van der Waals surface area (Å²) in [6.07, 6.45) is 1.60. The van der Waals surface area contributed by atoms with Crippen LogP contribution in [0.2, 0.25) is 5.15 Å². The van der Waals surface area contributed by atoms with Crippen molar-refractivity contribution in [3.8, 4) is 11.6 Å². The van der Waals surface area contributed by atoms with Crippen LogP contribution in [0.25, 0.3) is 11.6 Å². The van der Waals surface area contributed by atoms with E-state index in [1.54, 1.807) is 12.3 Å². The Morgan fingerprint density at radius 2 is 2.43 bits per heavy atom. The lowest BCUT2D eigenvalue weighted by Crippen LogP contribution is -2.04. The van der Waals surface area contributed by atoms with Gasteiger partial charge in [0.15, 0.2) is 16.7 Å². The molecule has 0 bridgehead atoms. The van der Waals surface area contributed by atoms with Gasteiger partial charge in [-0.25, -0.2) is 4.98 Å². The van der Waals surface area contributed by atoms with Gasteiger partial charge in [-0.05, 0) is 12.1 Å². The minimum Gasteiger partial charge on any atom is -0.461 e. The molecule has 74 valence electrons. The summed E-state index contributed by atoms with van der Waals surface area (Å²) < 4.78 is 7.06. The van der Waals surface area contributed by atoms with E-state index in [1.807, 2.05) is 17.7 Å². The second-order valence-electron chi connectivity index (χ2n) is 2.91. The number of nitrogens with zero attached hydrogens (tertiary/aromatic N) is 2. The Morgan fingerprint density at radius 1 is 1.64 bits per heavy atom. The highest BCUT2D eigenvalue weighted by molar-refractivity contribution is 6.30. The fourth-order valence-electron chi connectivity index (χ4n) is 1.35. The molecule has 0 aromatic carbocycles. The van der Waals surface area contributed by atoms with Crippen molar-refractivity contribution >= 4 is 11.6 Å². The minimum absolute atomic E-state index is 0.364. The highest BCUT2D eigenvalue weighted by atomic mass is 35.5. The summed E-state index contributed by atoms with van der Waals surface area (Å²) in [5.74, 6) is 1.38. The Labute approximate surface area is 86.3 Å². The van der Waals surface area contributed by atoms with Crippen molar-refractivity contribution in [1.82, 2.24) is 9.55 Å². The molecule has 0 saturated heterocycles. The molecule has 0 aliphatic rings.